The Bertz CT molecular complexity index is 689. The first-order valence-corrected chi connectivity index (χ1v) is 7.15. The van der Waals surface area contributed by atoms with Crippen LogP contribution in [0.3, 0.4) is 0 Å². The Morgan fingerprint density at radius 2 is 1.45 bits per heavy atom. The Morgan fingerprint density at radius 1 is 0.955 bits per heavy atom. The van der Waals surface area contributed by atoms with Crippen molar-refractivity contribution in [2.75, 3.05) is 7.11 Å². The number of hydrogen-bond acceptors (Lipinski definition) is 2. The second-order valence-corrected chi connectivity index (χ2v) is 5.18. The van der Waals surface area contributed by atoms with Gasteiger partial charge in [-0.2, -0.15) is 0 Å². The maximum absolute atomic E-state index is 11.8. The minimum absolute atomic E-state index is 0.0651. The number of amides is 1. The number of methoxy groups -OCH3 is 1. The van der Waals surface area contributed by atoms with Crippen molar-refractivity contribution in [2.24, 2.45) is 0 Å². The van der Waals surface area contributed by atoms with Gasteiger partial charge in [0.15, 0.2) is 0 Å². The summed E-state index contributed by atoms with van der Waals surface area (Å²) in [5.41, 5.74) is 2.43. The SMILES string of the molecule is COc1ccc(C#Cc2ccc(C(=O)NC(C)C)cc2)cc1. The highest BCUT2D eigenvalue weighted by molar-refractivity contribution is 5.94. The van der Waals surface area contributed by atoms with Gasteiger partial charge in [-0.15, -0.1) is 0 Å². The molecule has 0 saturated heterocycles. The van der Waals surface area contributed by atoms with Crippen molar-refractivity contribution in [3.05, 3.63) is 65.2 Å². The molecule has 0 spiro atoms. The third-order valence-corrected chi connectivity index (χ3v) is 3.01. The van der Waals surface area contributed by atoms with Gasteiger partial charge >= 0.3 is 0 Å². The largest absolute Gasteiger partial charge is 0.497 e. The third-order valence-electron chi connectivity index (χ3n) is 3.01. The van der Waals surface area contributed by atoms with E-state index in [-0.39, 0.29) is 11.9 Å². The van der Waals surface area contributed by atoms with E-state index in [1.165, 1.54) is 0 Å². The van der Waals surface area contributed by atoms with Crippen LogP contribution in [0.4, 0.5) is 0 Å². The molecule has 0 bridgehead atoms. The summed E-state index contributed by atoms with van der Waals surface area (Å²) >= 11 is 0. The van der Waals surface area contributed by atoms with E-state index in [0.29, 0.717) is 5.56 Å². The lowest BCUT2D eigenvalue weighted by Crippen LogP contribution is -2.29. The summed E-state index contributed by atoms with van der Waals surface area (Å²) in [6.07, 6.45) is 0. The highest BCUT2D eigenvalue weighted by Gasteiger charge is 2.05. The fraction of sp³-hybridized carbons (Fsp3) is 0.211. The first-order valence-electron chi connectivity index (χ1n) is 7.15. The maximum Gasteiger partial charge on any atom is 0.251 e. The molecule has 2 rings (SSSR count). The predicted molar refractivity (Wildman–Crippen MR) is 88.0 cm³/mol. The van der Waals surface area contributed by atoms with Crippen molar-refractivity contribution in [3.8, 4) is 17.6 Å². The molecule has 3 nitrogen and oxygen atoms in total. The molecule has 1 amide bonds. The van der Waals surface area contributed by atoms with Crippen LogP contribution in [-0.2, 0) is 0 Å². The zero-order chi connectivity index (χ0) is 15.9. The number of ether oxygens (including phenoxy) is 1. The molecule has 0 aliphatic rings. The predicted octanol–water partition coefficient (Wildman–Crippen LogP) is 3.23. The lowest BCUT2D eigenvalue weighted by molar-refractivity contribution is 0.0943. The van der Waals surface area contributed by atoms with Crippen molar-refractivity contribution in [2.45, 2.75) is 19.9 Å². The normalized spacial score (nSPS) is 9.82. The molecule has 0 aromatic heterocycles. The van der Waals surface area contributed by atoms with E-state index in [9.17, 15) is 4.79 Å². The Morgan fingerprint density at radius 3 is 1.91 bits per heavy atom. The van der Waals surface area contributed by atoms with Crippen molar-refractivity contribution < 1.29 is 9.53 Å². The minimum Gasteiger partial charge on any atom is -0.497 e. The first-order chi connectivity index (χ1) is 10.6. The molecular weight excluding hydrogens is 274 g/mol. The van der Waals surface area contributed by atoms with Gasteiger partial charge in [0.05, 0.1) is 7.11 Å². The van der Waals surface area contributed by atoms with Crippen LogP contribution in [0.1, 0.15) is 35.3 Å². The number of hydrogen-bond donors (Lipinski definition) is 1. The summed E-state index contributed by atoms with van der Waals surface area (Å²) in [5.74, 6) is 6.92. The van der Waals surface area contributed by atoms with Crippen LogP contribution >= 0.6 is 0 Å². The topological polar surface area (TPSA) is 38.3 Å². The van der Waals surface area contributed by atoms with Crippen LogP contribution in [0.15, 0.2) is 48.5 Å². The lowest BCUT2D eigenvalue weighted by Gasteiger charge is -2.07. The summed E-state index contributed by atoms with van der Waals surface area (Å²) < 4.78 is 5.11. The molecule has 1 N–H and O–H groups in total. The summed E-state index contributed by atoms with van der Waals surface area (Å²) in [5, 5.41) is 2.86. The monoisotopic (exact) mass is 293 g/mol. The van der Waals surface area contributed by atoms with E-state index in [1.54, 1.807) is 19.2 Å². The molecule has 2 aromatic rings. The highest BCUT2D eigenvalue weighted by atomic mass is 16.5. The molecule has 3 heteroatoms. The summed E-state index contributed by atoms with van der Waals surface area (Å²) in [7, 11) is 1.64. The Labute approximate surface area is 131 Å². The van der Waals surface area contributed by atoms with Gasteiger partial charge < -0.3 is 10.1 Å². The van der Waals surface area contributed by atoms with Gasteiger partial charge in [-0.05, 0) is 62.4 Å². The molecule has 0 unspecified atom stereocenters. The van der Waals surface area contributed by atoms with Crippen LogP contribution in [0.25, 0.3) is 0 Å². The lowest BCUT2D eigenvalue weighted by atomic mass is 10.1. The smallest absolute Gasteiger partial charge is 0.251 e. The molecule has 112 valence electrons. The van der Waals surface area contributed by atoms with Gasteiger partial charge in [-0.1, -0.05) is 11.8 Å². The van der Waals surface area contributed by atoms with Gasteiger partial charge in [-0.3, -0.25) is 4.79 Å². The number of carbonyl (C=O) groups excluding carboxylic acids is 1. The zero-order valence-corrected chi connectivity index (χ0v) is 13.0. The van der Waals surface area contributed by atoms with E-state index in [1.807, 2.05) is 50.2 Å². The van der Waals surface area contributed by atoms with Crippen molar-refractivity contribution in [3.63, 3.8) is 0 Å². The molecule has 0 heterocycles. The minimum atomic E-state index is -0.0651. The summed E-state index contributed by atoms with van der Waals surface area (Å²) in [6, 6.07) is 15.0. The molecular formula is C19H19NO2. The first kappa shape index (κ1) is 15.7. The Balaban J connectivity index is 2.08. The number of benzene rings is 2. The second kappa shape index (κ2) is 7.33. The Hall–Kier alpha value is -2.73. The maximum atomic E-state index is 11.8. The van der Waals surface area contributed by atoms with E-state index < -0.39 is 0 Å². The van der Waals surface area contributed by atoms with E-state index in [0.717, 1.165) is 16.9 Å². The number of rotatable bonds is 3. The molecule has 22 heavy (non-hydrogen) atoms. The second-order valence-electron chi connectivity index (χ2n) is 5.18. The molecule has 0 aliphatic heterocycles. The van der Waals surface area contributed by atoms with E-state index >= 15 is 0 Å². The van der Waals surface area contributed by atoms with Crippen molar-refractivity contribution >= 4 is 5.91 Å². The van der Waals surface area contributed by atoms with Crippen molar-refractivity contribution in [1.29, 1.82) is 0 Å². The fourth-order valence-corrected chi connectivity index (χ4v) is 1.87. The molecule has 0 atom stereocenters. The van der Waals surface area contributed by atoms with Crippen LogP contribution in [0.2, 0.25) is 0 Å². The van der Waals surface area contributed by atoms with Crippen molar-refractivity contribution in [1.82, 2.24) is 5.32 Å². The third kappa shape index (κ3) is 4.39. The van der Waals surface area contributed by atoms with Crippen LogP contribution in [-0.4, -0.2) is 19.1 Å². The molecule has 2 aromatic carbocycles. The fourth-order valence-electron chi connectivity index (χ4n) is 1.87. The van der Waals surface area contributed by atoms with Gasteiger partial charge in [0, 0.05) is 22.7 Å². The number of carbonyl (C=O) groups is 1. The quantitative estimate of drug-likeness (QED) is 0.882. The molecule has 0 radical (unpaired) electrons. The summed E-state index contributed by atoms with van der Waals surface area (Å²) in [6.45, 7) is 3.87. The highest BCUT2D eigenvalue weighted by Crippen LogP contribution is 2.10. The Kier molecular flexibility index (Phi) is 5.21. The molecule has 0 saturated carbocycles. The zero-order valence-electron chi connectivity index (χ0n) is 13.0. The van der Waals surface area contributed by atoms with E-state index in [2.05, 4.69) is 17.2 Å². The molecule has 0 aliphatic carbocycles. The van der Waals surface area contributed by atoms with Gasteiger partial charge in [0.25, 0.3) is 5.91 Å². The standard InChI is InChI=1S/C19H19NO2/c1-14(2)20-19(21)17-10-6-15(7-11-17)4-5-16-8-12-18(22-3)13-9-16/h6-14H,1-3H3,(H,20,21). The van der Waals surface area contributed by atoms with Crippen LogP contribution < -0.4 is 10.1 Å². The van der Waals surface area contributed by atoms with Gasteiger partial charge in [-0.25, -0.2) is 0 Å². The average molecular weight is 293 g/mol. The number of nitrogens with one attached hydrogen (secondary N) is 1. The van der Waals surface area contributed by atoms with Crippen LogP contribution in [0, 0.1) is 11.8 Å². The van der Waals surface area contributed by atoms with E-state index in [4.69, 9.17) is 4.74 Å². The molecule has 0 fully saturated rings. The summed E-state index contributed by atoms with van der Waals surface area (Å²) in [4.78, 5) is 11.8. The van der Waals surface area contributed by atoms with Gasteiger partial charge in [0.1, 0.15) is 5.75 Å². The van der Waals surface area contributed by atoms with Gasteiger partial charge in [0.2, 0.25) is 0 Å². The average Bonchev–Trinajstić information content (AvgIpc) is 2.53. The van der Waals surface area contributed by atoms with Crippen LogP contribution in [0.5, 0.6) is 5.75 Å².